The molecule has 0 saturated carbocycles. The summed E-state index contributed by atoms with van der Waals surface area (Å²) in [6.07, 6.45) is 0. The zero-order valence-corrected chi connectivity index (χ0v) is 10.6. The van der Waals surface area contributed by atoms with Gasteiger partial charge in [0.15, 0.2) is 0 Å². The zero-order valence-electron chi connectivity index (χ0n) is 8.99. The van der Waals surface area contributed by atoms with Crippen LogP contribution in [0, 0.1) is 5.82 Å². The van der Waals surface area contributed by atoms with Crippen molar-refractivity contribution < 1.29 is 9.13 Å². The summed E-state index contributed by atoms with van der Waals surface area (Å²) in [6, 6.07) is 12.1. The van der Waals surface area contributed by atoms with Gasteiger partial charge >= 0.3 is 0 Å². The number of halogens is 2. The minimum absolute atomic E-state index is 0.139. The Morgan fingerprint density at radius 1 is 1.18 bits per heavy atom. The van der Waals surface area contributed by atoms with E-state index in [4.69, 9.17) is 10.5 Å². The van der Waals surface area contributed by atoms with Gasteiger partial charge in [0.2, 0.25) is 0 Å². The molecule has 0 aromatic heterocycles. The van der Waals surface area contributed by atoms with E-state index in [-0.39, 0.29) is 5.69 Å². The van der Waals surface area contributed by atoms with Gasteiger partial charge in [0, 0.05) is 4.47 Å². The molecule has 0 unspecified atom stereocenters. The van der Waals surface area contributed by atoms with Gasteiger partial charge in [-0.1, -0.05) is 28.1 Å². The third-order valence-corrected chi connectivity index (χ3v) is 2.76. The molecule has 0 atom stereocenters. The molecule has 0 heterocycles. The minimum Gasteiger partial charge on any atom is -0.489 e. The zero-order chi connectivity index (χ0) is 12.3. The molecule has 17 heavy (non-hydrogen) atoms. The Kier molecular flexibility index (Phi) is 3.64. The summed E-state index contributed by atoms with van der Waals surface area (Å²) in [7, 11) is 0. The largest absolute Gasteiger partial charge is 0.489 e. The number of rotatable bonds is 3. The molecule has 2 nitrogen and oxygen atoms in total. The molecule has 0 aliphatic carbocycles. The fraction of sp³-hybridized carbons (Fsp3) is 0.0769. The highest BCUT2D eigenvalue weighted by atomic mass is 79.9. The molecule has 0 aliphatic rings. The monoisotopic (exact) mass is 295 g/mol. The molecule has 2 N–H and O–H groups in total. The molecule has 0 spiro atoms. The maximum Gasteiger partial charge on any atom is 0.146 e. The highest BCUT2D eigenvalue weighted by Gasteiger charge is 2.01. The molecule has 0 radical (unpaired) electrons. The number of hydrogen-bond donors (Lipinski definition) is 1. The predicted octanol–water partition coefficient (Wildman–Crippen LogP) is 3.75. The van der Waals surface area contributed by atoms with Crippen LogP contribution >= 0.6 is 15.9 Å². The molecule has 0 aliphatic heterocycles. The average Bonchev–Trinajstić information content (AvgIpc) is 2.31. The van der Waals surface area contributed by atoms with Gasteiger partial charge in [0.25, 0.3) is 0 Å². The Morgan fingerprint density at radius 3 is 2.71 bits per heavy atom. The molecular formula is C13H11BrFNO. The van der Waals surface area contributed by atoms with Crippen LogP contribution in [0.5, 0.6) is 5.75 Å². The molecule has 88 valence electrons. The van der Waals surface area contributed by atoms with Crippen molar-refractivity contribution in [1.29, 1.82) is 0 Å². The first-order chi connectivity index (χ1) is 8.15. The topological polar surface area (TPSA) is 35.2 Å². The second-order valence-corrected chi connectivity index (χ2v) is 4.52. The van der Waals surface area contributed by atoms with Gasteiger partial charge in [-0.05, 0) is 35.9 Å². The van der Waals surface area contributed by atoms with E-state index in [0.29, 0.717) is 6.61 Å². The summed E-state index contributed by atoms with van der Waals surface area (Å²) in [5.41, 5.74) is 6.45. The second-order valence-electron chi connectivity index (χ2n) is 3.60. The van der Waals surface area contributed by atoms with Gasteiger partial charge < -0.3 is 10.5 Å². The van der Waals surface area contributed by atoms with Crippen molar-refractivity contribution in [1.82, 2.24) is 0 Å². The molecule has 0 fully saturated rings. The number of nitrogens with two attached hydrogens (primary N) is 1. The van der Waals surface area contributed by atoms with E-state index in [1.807, 2.05) is 24.3 Å². The normalized spacial score (nSPS) is 10.2. The van der Waals surface area contributed by atoms with Crippen molar-refractivity contribution in [2.45, 2.75) is 6.61 Å². The Labute approximate surface area is 107 Å². The first-order valence-electron chi connectivity index (χ1n) is 5.07. The predicted molar refractivity (Wildman–Crippen MR) is 69.3 cm³/mol. The summed E-state index contributed by atoms with van der Waals surface area (Å²) in [4.78, 5) is 0. The first-order valence-corrected chi connectivity index (χ1v) is 5.87. The molecule has 0 bridgehead atoms. The van der Waals surface area contributed by atoms with Crippen LogP contribution in [0.2, 0.25) is 0 Å². The molecule has 2 aromatic rings. The molecular weight excluding hydrogens is 285 g/mol. The molecule has 0 saturated heterocycles. The summed E-state index contributed by atoms with van der Waals surface area (Å²) >= 11 is 3.36. The number of anilines is 1. The maximum atomic E-state index is 12.9. The van der Waals surface area contributed by atoms with Gasteiger partial charge in [-0.25, -0.2) is 4.39 Å². The summed E-state index contributed by atoms with van der Waals surface area (Å²) in [6.45, 7) is 0.362. The lowest BCUT2D eigenvalue weighted by molar-refractivity contribution is 0.306. The van der Waals surface area contributed by atoms with Crippen molar-refractivity contribution in [3.63, 3.8) is 0 Å². The van der Waals surface area contributed by atoms with Gasteiger partial charge in [-0.3, -0.25) is 0 Å². The van der Waals surface area contributed by atoms with Crippen molar-refractivity contribution >= 4 is 21.6 Å². The van der Waals surface area contributed by atoms with Gasteiger partial charge in [-0.15, -0.1) is 0 Å². The third kappa shape index (κ3) is 3.20. The van der Waals surface area contributed by atoms with Crippen LogP contribution in [0.1, 0.15) is 5.56 Å². The van der Waals surface area contributed by atoms with E-state index in [1.165, 1.54) is 6.07 Å². The van der Waals surface area contributed by atoms with Crippen LogP contribution in [-0.4, -0.2) is 0 Å². The van der Waals surface area contributed by atoms with Crippen molar-refractivity contribution in [3.05, 3.63) is 58.3 Å². The molecule has 2 rings (SSSR count). The number of hydrogen-bond acceptors (Lipinski definition) is 2. The Balaban J connectivity index is 2.05. The lowest BCUT2D eigenvalue weighted by atomic mass is 10.2. The maximum absolute atomic E-state index is 12.9. The van der Waals surface area contributed by atoms with Crippen LogP contribution in [-0.2, 0) is 6.61 Å². The van der Waals surface area contributed by atoms with Gasteiger partial charge in [0.05, 0.1) is 5.69 Å². The van der Waals surface area contributed by atoms with E-state index in [0.717, 1.165) is 15.8 Å². The van der Waals surface area contributed by atoms with Crippen LogP contribution in [0.3, 0.4) is 0 Å². The lowest BCUT2D eigenvalue weighted by Crippen LogP contribution is -1.98. The van der Waals surface area contributed by atoms with Crippen LogP contribution in [0.15, 0.2) is 46.9 Å². The van der Waals surface area contributed by atoms with E-state index < -0.39 is 5.82 Å². The molecule has 4 heteroatoms. The molecule has 0 amide bonds. The van der Waals surface area contributed by atoms with Crippen molar-refractivity contribution in [3.8, 4) is 5.75 Å². The highest BCUT2D eigenvalue weighted by molar-refractivity contribution is 9.10. The number of benzene rings is 2. The fourth-order valence-corrected chi connectivity index (χ4v) is 1.78. The average molecular weight is 296 g/mol. The van der Waals surface area contributed by atoms with Crippen LogP contribution < -0.4 is 10.5 Å². The smallest absolute Gasteiger partial charge is 0.146 e. The molecule has 2 aromatic carbocycles. The SMILES string of the molecule is Nc1cc(COc2cccc(Br)c2)ccc1F. The lowest BCUT2D eigenvalue weighted by Gasteiger charge is -2.07. The third-order valence-electron chi connectivity index (χ3n) is 2.26. The van der Waals surface area contributed by atoms with Crippen LogP contribution in [0.25, 0.3) is 0 Å². The standard InChI is InChI=1S/C13H11BrFNO/c14-10-2-1-3-11(7-10)17-8-9-4-5-12(15)13(16)6-9/h1-7H,8,16H2. The fourth-order valence-electron chi connectivity index (χ4n) is 1.41. The first kappa shape index (κ1) is 11.9. The van der Waals surface area contributed by atoms with E-state index in [9.17, 15) is 4.39 Å². The highest BCUT2D eigenvalue weighted by Crippen LogP contribution is 2.19. The Morgan fingerprint density at radius 2 is 2.00 bits per heavy atom. The summed E-state index contributed by atoms with van der Waals surface area (Å²) in [5, 5.41) is 0. The van der Waals surface area contributed by atoms with Crippen molar-refractivity contribution in [2.24, 2.45) is 0 Å². The number of ether oxygens (including phenoxy) is 1. The Bertz CT molecular complexity index is 531. The van der Waals surface area contributed by atoms with Gasteiger partial charge in [-0.2, -0.15) is 0 Å². The van der Waals surface area contributed by atoms with E-state index in [1.54, 1.807) is 12.1 Å². The van der Waals surface area contributed by atoms with Crippen molar-refractivity contribution in [2.75, 3.05) is 5.73 Å². The number of nitrogen functional groups attached to an aromatic ring is 1. The van der Waals surface area contributed by atoms with Crippen LogP contribution in [0.4, 0.5) is 10.1 Å². The second kappa shape index (κ2) is 5.19. The van der Waals surface area contributed by atoms with E-state index in [2.05, 4.69) is 15.9 Å². The van der Waals surface area contributed by atoms with E-state index >= 15 is 0 Å². The van der Waals surface area contributed by atoms with Gasteiger partial charge in [0.1, 0.15) is 18.2 Å². The Hall–Kier alpha value is -1.55. The summed E-state index contributed by atoms with van der Waals surface area (Å²) in [5.74, 6) is 0.346. The minimum atomic E-state index is -0.406. The summed E-state index contributed by atoms with van der Waals surface area (Å²) < 4.78 is 19.5. The quantitative estimate of drug-likeness (QED) is 0.875.